The Morgan fingerprint density at radius 2 is 2.00 bits per heavy atom. The van der Waals surface area contributed by atoms with Crippen molar-refractivity contribution in [3.05, 3.63) is 93.0 Å². The van der Waals surface area contributed by atoms with Crippen LogP contribution in [0.15, 0.2) is 75.0 Å². The Morgan fingerprint density at radius 3 is 2.71 bits per heavy atom. The molecule has 11 heteroatoms. The Hall–Kier alpha value is -4.51. The van der Waals surface area contributed by atoms with Gasteiger partial charge in [0.2, 0.25) is 0 Å². The highest BCUT2D eigenvalue weighted by atomic mass is 16.5. The molecule has 0 aliphatic carbocycles. The topological polar surface area (TPSA) is 149 Å². The number of H-pyrrole nitrogens is 1. The summed E-state index contributed by atoms with van der Waals surface area (Å²) < 4.78 is 11.6. The summed E-state index contributed by atoms with van der Waals surface area (Å²) in [5.74, 6) is -0.463. The number of nitrogens with one attached hydrogen (secondary N) is 1. The summed E-state index contributed by atoms with van der Waals surface area (Å²) in [5.41, 5.74) is 5.99. The van der Waals surface area contributed by atoms with Crippen molar-refractivity contribution in [3.63, 3.8) is 0 Å². The maximum absolute atomic E-state index is 13.4. The number of nitrogen functional groups attached to an aromatic ring is 1. The quantitative estimate of drug-likeness (QED) is 0.400. The maximum atomic E-state index is 13.4. The average Bonchev–Trinajstić information content (AvgIpc) is 3.35. The highest BCUT2D eigenvalue weighted by Gasteiger charge is 2.27. The summed E-state index contributed by atoms with van der Waals surface area (Å²) >= 11 is 0. The van der Waals surface area contributed by atoms with Gasteiger partial charge in [0.15, 0.2) is 17.1 Å². The molecule has 34 heavy (non-hydrogen) atoms. The number of hydrogen-bond acceptors (Lipinski definition) is 8. The summed E-state index contributed by atoms with van der Waals surface area (Å²) in [5, 5.41) is 3.86. The molecule has 3 N–H and O–H groups in total. The number of methoxy groups -OCH3 is 1. The zero-order valence-corrected chi connectivity index (χ0v) is 18.3. The van der Waals surface area contributed by atoms with Crippen molar-refractivity contribution in [1.82, 2.24) is 19.7 Å². The van der Waals surface area contributed by atoms with Crippen LogP contribution in [-0.4, -0.2) is 45.9 Å². The van der Waals surface area contributed by atoms with Gasteiger partial charge in [-0.2, -0.15) is 0 Å². The molecule has 0 bridgehead atoms. The number of nitrogens with two attached hydrogens (primary N) is 1. The number of carbonyl (C=O) groups excluding carboxylic acids is 1. The summed E-state index contributed by atoms with van der Waals surface area (Å²) in [6, 6.07) is 14.1. The lowest BCUT2D eigenvalue weighted by Gasteiger charge is -2.23. The smallest absolute Gasteiger partial charge is 0.330 e. The van der Waals surface area contributed by atoms with Crippen molar-refractivity contribution in [2.45, 2.75) is 6.54 Å². The van der Waals surface area contributed by atoms with E-state index in [-0.39, 0.29) is 36.9 Å². The van der Waals surface area contributed by atoms with E-state index in [0.29, 0.717) is 11.3 Å². The Balaban J connectivity index is 1.75. The number of aromatic amines is 1. The molecule has 0 radical (unpaired) electrons. The minimum absolute atomic E-state index is 0.0127. The van der Waals surface area contributed by atoms with Gasteiger partial charge in [-0.15, -0.1) is 0 Å². The third-order valence-electron chi connectivity index (χ3n) is 5.11. The molecule has 0 saturated heterocycles. The number of hydrogen-bond donors (Lipinski definition) is 2. The lowest BCUT2D eigenvalue weighted by molar-refractivity contribution is 0.0967. The fourth-order valence-corrected chi connectivity index (χ4v) is 3.42. The monoisotopic (exact) mass is 462 g/mol. The van der Waals surface area contributed by atoms with E-state index in [2.05, 4.69) is 15.1 Å². The molecule has 0 saturated carbocycles. The number of benzene rings is 1. The van der Waals surface area contributed by atoms with Crippen molar-refractivity contribution in [2.75, 3.05) is 30.9 Å². The van der Waals surface area contributed by atoms with E-state index in [1.807, 2.05) is 30.3 Å². The molecule has 1 amide bonds. The molecular weight excluding hydrogens is 440 g/mol. The lowest BCUT2D eigenvalue weighted by atomic mass is 10.2. The van der Waals surface area contributed by atoms with Crippen molar-refractivity contribution in [1.29, 1.82) is 0 Å². The molecular formula is C23H22N6O5. The molecule has 3 heterocycles. The first-order valence-electron chi connectivity index (χ1n) is 10.3. The van der Waals surface area contributed by atoms with Gasteiger partial charge in [-0.3, -0.25) is 29.0 Å². The first-order valence-corrected chi connectivity index (χ1v) is 10.3. The standard InChI is InChI=1S/C23H22N6O5/c1-33-11-10-28(22(31)17-12-18(34-27-17)16-8-5-9-25-13-16)19-20(24)29(23(32)26-21(19)30)14-15-6-3-2-4-7-15/h2-9,12-13H,10-11,14,24H2,1H3,(H,26,30,32). The number of rotatable bonds is 8. The van der Waals surface area contributed by atoms with Crippen LogP contribution in [-0.2, 0) is 11.3 Å². The predicted octanol–water partition coefficient (Wildman–Crippen LogP) is 1.51. The second-order valence-corrected chi connectivity index (χ2v) is 7.33. The number of nitrogens with zero attached hydrogens (tertiary/aromatic N) is 4. The van der Waals surface area contributed by atoms with Crippen LogP contribution in [0.2, 0.25) is 0 Å². The molecule has 4 rings (SSSR count). The fourth-order valence-electron chi connectivity index (χ4n) is 3.42. The van der Waals surface area contributed by atoms with Crippen LogP contribution < -0.4 is 21.9 Å². The molecule has 1 aromatic carbocycles. The normalized spacial score (nSPS) is 10.9. The van der Waals surface area contributed by atoms with E-state index in [0.717, 1.165) is 10.5 Å². The SMILES string of the molecule is COCCN(C(=O)c1cc(-c2cccnc2)on1)c1c(N)n(Cc2ccccc2)c(=O)[nH]c1=O. The van der Waals surface area contributed by atoms with Crippen molar-refractivity contribution in [3.8, 4) is 11.3 Å². The van der Waals surface area contributed by atoms with E-state index in [1.54, 1.807) is 24.5 Å². The van der Waals surface area contributed by atoms with Crippen molar-refractivity contribution >= 4 is 17.4 Å². The lowest BCUT2D eigenvalue weighted by Crippen LogP contribution is -2.42. The predicted molar refractivity (Wildman–Crippen MR) is 125 cm³/mol. The third kappa shape index (κ3) is 4.64. The van der Waals surface area contributed by atoms with Gasteiger partial charge in [-0.25, -0.2) is 4.79 Å². The third-order valence-corrected chi connectivity index (χ3v) is 5.11. The van der Waals surface area contributed by atoms with Gasteiger partial charge < -0.3 is 15.0 Å². The summed E-state index contributed by atoms with van der Waals surface area (Å²) in [6.45, 7) is 0.202. The number of anilines is 2. The Morgan fingerprint density at radius 1 is 1.21 bits per heavy atom. The van der Waals surface area contributed by atoms with E-state index < -0.39 is 17.2 Å². The molecule has 11 nitrogen and oxygen atoms in total. The number of amides is 1. The van der Waals surface area contributed by atoms with Gasteiger partial charge in [0.05, 0.1) is 13.2 Å². The number of pyridine rings is 1. The zero-order chi connectivity index (χ0) is 24.1. The van der Waals surface area contributed by atoms with Crippen LogP contribution in [0.5, 0.6) is 0 Å². The van der Waals surface area contributed by atoms with E-state index in [1.165, 1.54) is 17.7 Å². The summed E-state index contributed by atoms with van der Waals surface area (Å²) in [7, 11) is 1.46. The number of ether oxygens (including phenoxy) is 1. The Kier molecular flexibility index (Phi) is 6.64. The van der Waals surface area contributed by atoms with Crippen molar-refractivity contribution < 1.29 is 14.1 Å². The molecule has 0 fully saturated rings. The maximum Gasteiger partial charge on any atom is 0.330 e. The van der Waals surface area contributed by atoms with Crippen LogP contribution in [0.25, 0.3) is 11.3 Å². The second-order valence-electron chi connectivity index (χ2n) is 7.33. The molecule has 0 spiro atoms. The van der Waals surface area contributed by atoms with Gasteiger partial charge >= 0.3 is 5.69 Å². The van der Waals surface area contributed by atoms with E-state index in [9.17, 15) is 14.4 Å². The fraction of sp³-hybridized carbons (Fsp3) is 0.174. The molecule has 0 aliphatic heterocycles. The summed E-state index contributed by atoms with van der Waals surface area (Å²) in [4.78, 5) is 46.1. The Bertz CT molecular complexity index is 1390. The Labute approximate surface area is 193 Å². The largest absolute Gasteiger partial charge is 0.383 e. The molecule has 0 atom stereocenters. The highest BCUT2D eigenvalue weighted by molar-refractivity contribution is 6.06. The van der Waals surface area contributed by atoms with Crippen LogP contribution in [0, 0.1) is 0 Å². The van der Waals surface area contributed by atoms with Gasteiger partial charge in [-0.1, -0.05) is 35.5 Å². The van der Waals surface area contributed by atoms with Gasteiger partial charge in [0.25, 0.3) is 11.5 Å². The number of carbonyl (C=O) groups is 1. The van der Waals surface area contributed by atoms with E-state index >= 15 is 0 Å². The molecule has 4 aromatic rings. The van der Waals surface area contributed by atoms with Crippen LogP contribution >= 0.6 is 0 Å². The molecule has 0 aliphatic rings. The second kappa shape index (κ2) is 9.96. The molecule has 174 valence electrons. The minimum Gasteiger partial charge on any atom is -0.383 e. The molecule has 3 aromatic heterocycles. The first-order chi connectivity index (χ1) is 16.5. The summed E-state index contributed by atoms with van der Waals surface area (Å²) in [6.07, 6.45) is 3.18. The first kappa shape index (κ1) is 22.7. The molecule has 0 unspecified atom stereocenters. The van der Waals surface area contributed by atoms with Crippen LogP contribution in [0.3, 0.4) is 0 Å². The number of aromatic nitrogens is 4. The minimum atomic E-state index is -0.799. The van der Waals surface area contributed by atoms with Crippen molar-refractivity contribution in [2.24, 2.45) is 0 Å². The van der Waals surface area contributed by atoms with Gasteiger partial charge in [-0.05, 0) is 17.7 Å². The van der Waals surface area contributed by atoms with Gasteiger partial charge in [0, 0.05) is 37.7 Å². The van der Waals surface area contributed by atoms with Crippen LogP contribution in [0.4, 0.5) is 11.5 Å². The highest BCUT2D eigenvalue weighted by Crippen LogP contribution is 2.23. The zero-order valence-electron chi connectivity index (χ0n) is 18.3. The van der Waals surface area contributed by atoms with E-state index in [4.69, 9.17) is 15.0 Å². The van der Waals surface area contributed by atoms with Gasteiger partial charge in [0.1, 0.15) is 5.82 Å². The average molecular weight is 462 g/mol. The van der Waals surface area contributed by atoms with Crippen LogP contribution in [0.1, 0.15) is 16.1 Å².